The van der Waals surface area contributed by atoms with Crippen LogP contribution < -0.4 is 0 Å². The first kappa shape index (κ1) is 10.4. The normalized spacial score (nSPS) is 11.1. The van der Waals surface area contributed by atoms with Gasteiger partial charge in [0.2, 0.25) is 0 Å². The van der Waals surface area contributed by atoms with E-state index in [2.05, 4.69) is 4.98 Å². The SMILES string of the molecule is O=Cc1ccncc1C(=O)C(F)(F)F. The molecule has 3 nitrogen and oxygen atoms in total. The Bertz CT molecular complexity index is 373. The lowest BCUT2D eigenvalue weighted by atomic mass is 10.1. The van der Waals surface area contributed by atoms with Crippen molar-refractivity contribution < 1.29 is 22.8 Å². The van der Waals surface area contributed by atoms with E-state index in [4.69, 9.17) is 0 Å². The molecule has 0 aliphatic carbocycles. The maximum absolute atomic E-state index is 12.0. The number of alkyl halides is 3. The van der Waals surface area contributed by atoms with Crippen LogP contribution in [0, 0.1) is 0 Å². The number of nitrogens with zero attached hydrogens (tertiary/aromatic N) is 1. The van der Waals surface area contributed by atoms with Gasteiger partial charge in [-0.2, -0.15) is 13.2 Å². The molecule has 1 aromatic rings. The maximum atomic E-state index is 12.0. The molecule has 1 rings (SSSR count). The minimum Gasteiger partial charge on any atom is -0.298 e. The number of pyridine rings is 1. The van der Waals surface area contributed by atoms with Crippen molar-refractivity contribution in [1.29, 1.82) is 0 Å². The van der Waals surface area contributed by atoms with Crippen LogP contribution >= 0.6 is 0 Å². The minimum atomic E-state index is -4.99. The number of ketones is 1. The van der Waals surface area contributed by atoms with Gasteiger partial charge in [0.25, 0.3) is 5.78 Å². The second kappa shape index (κ2) is 3.57. The van der Waals surface area contributed by atoms with Gasteiger partial charge in [-0.05, 0) is 6.07 Å². The fourth-order valence-corrected chi connectivity index (χ4v) is 0.850. The number of carbonyl (C=O) groups is 2. The molecule has 6 heteroatoms. The molecule has 0 radical (unpaired) electrons. The number of aromatic nitrogens is 1. The van der Waals surface area contributed by atoms with Gasteiger partial charge in [-0.3, -0.25) is 14.6 Å². The molecular weight excluding hydrogens is 199 g/mol. The van der Waals surface area contributed by atoms with E-state index in [1.807, 2.05) is 0 Å². The van der Waals surface area contributed by atoms with Crippen molar-refractivity contribution in [2.24, 2.45) is 0 Å². The lowest BCUT2D eigenvalue weighted by Crippen LogP contribution is -2.24. The Kier molecular flexibility index (Phi) is 2.64. The monoisotopic (exact) mass is 203 g/mol. The lowest BCUT2D eigenvalue weighted by Gasteiger charge is -2.05. The Morgan fingerprint density at radius 3 is 2.57 bits per heavy atom. The molecule has 0 unspecified atom stereocenters. The topological polar surface area (TPSA) is 47.0 Å². The molecule has 14 heavy (non-hydrogen) atoms. The molecule has 0 bridgehead atoms. The zero-order valence-corrected chi connectivity index (χ0v) is 6.71. The Morgan fingerprint density at radius 2 is 2.07 bits per heavy atom. The van der Waals surface area contributed by atoms with Crippen LogP contribution in [0.5, 0.6) is 0 Å². The molecule has 74 valence electrons. The van der Waals surface area contributed by atoms with Gasteiger partial charge in [0.15, 0.2) is 6.29 Å². The van der Waals surface area contributed by atoms with E-state index in [0.29, 0.717) is 0 Å². The second-order valence-electron chi connectivity index (χ2n) is 2.41. The van der Waals surface area contributed by atoms with Crippen molar-refractivity contribution in [3.8, 4) is 0 Å². The highest BCUT2D eigenvalue weighted by molar-refractivity contribution is 6.05. The summed E-state index contributed by atoms with van der Waals surface area (Å²) in [5.74, 6) is -2.06. The van der Waals surface area contributed by atoms with Crippen molar-refractivity contribution in [3.63, 3.8) is 0 Å². The quantitative estimate of drug-likeness (QED) is 0.542. The molecule has 0 aliphatic heterocycles. The summed E-state index contributed by atoms with van der Waals surface area (Å²) in [5, 5.41) is 0. The van der Waals surface area contributed by atoms with E-state index in [1.54, 1.807) is 0 Å². The molecule has 1 aromatic heterocycles. The zero-order valence-electron chi connectivity index (χ0n) is 6.71. The first-order valence-corrected chi connectivity index (χ1v) is 3.47. The van der Waals surface area contributed by atoms with Crippen LogP contribution in [-0.2, 0) is 0 Å². The number of hydrogen-bond donors (Lipinski definition) is 0. The predicted molar refractivity (Wildman–Crippen MR) is 40.0 cm³/mol. The standard InChI is InChI=1S/C8H4F3NO2/c9-8(10,11)7(14)6-3-12-2-1-5(6)4-13/h1-4H. The van der Waals surface area contributed by atoms with Gasteiger partial charge in [0.1, 0.15) is 0 Å². The molecule has 0 fully saturated rings. The fraction of sp³-hybridized carbons (Fsp3) is 0.125. The summed E-state index contributed by atoms with van der Waals surface area (Å²) in [7, 11) is 0. The van der Waals surface area contributed by atoms with E-state index < -0.39 is 17.5 Å². The number of halogens is 3. The molecule has 0 aromatic carbocycles. The Morgan fingerprint density at radius 1 is 1.43 bits per heavy atom. The maximum Gasteiger partial charge on any atom is 0.454 e. The Labute approximate surface area is 76.6 Å². The van der Waals surface area contributed by atoms with Gasteiger partial charge >= 0.3 is 6.18 Å². The average molecular weight is 203 g/mol. The van der Waals surface area contributed by atoms with Crippen LogP contribution in [0.15, 0.2) is 18.5 Å². The molecule has 0 N–H and O–H groups in total. The van der Waals surface area contributed by atoms with Crippen LogP contribution in [0.1, 0.15) is 20.7 Å². The average Bonchev–Trinajstić information content (AvgIpc) is 2.15. The minimum absolute atomic E-state index is 0.181. The van der Waals surface area contributed by atoms with E-state index in [-0.39, 0.29) is 11.8 Å². The second-order valence-corrected chi connectivity index (χ2v) is 2.41. The van der Waals surface area contributed by atoms with Crippen molar-refractivity contribution in [2.75, 3.05) is 0 Å². The molecule has 0 saturated heterocycles. The number of Topliss-reactive ketones (excluding diaryl/α,β-unsaturated/α-hetero) is 1. The lowest BCUT2D eigenvalue weighted by molar-refractivity contribution is -0.0885. The van der Waals surface area contributed by atoms with Crippen LogP contribution in [0.2, 0.25) is 0 Å². The Hall–Kier alpha value is -1.72. The molecule has 0 atom stereocenters. The summed E-state index contributed by atoms with van der Waals surface area (Å²) in [4.78, 5) is 24.4. The summed E-state index contributed by atoms with van der Waals surface area (Å²) >= 11 is 0. The largest absolute Gasteiger partial charge is 0.454 e. The van der Waals surface area contributed by atoms with E-state index in [9.17, 15) is 22.8 Å². The molecule has 0 amide bonds. The van der Waals surface area contributed by atoms with Gasteiger partial charge in [0.05, 0.1) is 5.56 Å². The van der Waals surface area contributed by atoms with E-state index in [0.717, 1.165) is 18.5 Å². The van der Waals surface area contributed by atoms with Crippen LogP contribution in [-0.4, -0.2) is 23.2 Å². The zero-order chi connectivity index (χ0) is 10.8. The Balaban J connectivity index is 3.19. The number of carbonyl (C=O) groups excluding carboxylic acids is 2. The highest BCUT2D eigenvalue weighted by Crippen LogP contribution is 2.22. The summed E-state index contributed by atoms with van der Waals surface area (Å²) < 4.78 is 35.9. The first-order chi connectivity index (χ1) is 6.46. The third-order valence-corrected chi connectivity index (χ3v) is 1.48. The van der Waals surface area contributed by atoms with Crippen LogP contribution in [0.25, 0.3) is 0 Å². The van der Waals surface area contributed by atoms with Crippen molar-refractivity contribution >= 4 is 12.1 Å². The third kappa shape index (κ3) is 1.95. The van der Waals surface area contributed by atoms with Gasteiger partial charge in [-0.1, -0.05) is 0 Å². The van der Waals surface area contributed by atoms with E-state index in [1.165, 1.54) is 0 Å². The van der Waals surface area contributed by atoms with Crippen LogP contribution in [0.3, 0.4) is 0 Å². The number of hydrogen-bond acceptors (Lipinski definition) is 3. The summed E-state index contributed by atoms with van der Waals surface area (Å²) in [5.41, 5.74) is -1.04. The molecular formula is C8H4F3NO2. The van der Waals surface area contributed by atoms with Crippen molar-refractivity contribution in [1.82, 2.24) is 4.98 Å². The van der Waals surface area contributed by atoms with E-state index >= 15 is 0 Å². The van der Waals surface area contributed by atoms with Gasteiger partial charge in [-0.25, -0.2) is 0 Å². The van der Waals surface area contributed by atoms with Gasteiger partial charge < -0.3 is 0 Å². The fourth-order valence-electron chi connectivity index (χ4n) is 0.850. The van der Waals surface area contributed by atoms with Gasteiger partial charge in [-0.15, -0.1) is 0 Å². The number of rotatable bonds is 2. The number of aldehydes is 1. The van der Waals surface area contributed by atoms with Gasteiger partial charge in [0, 0.05) is 18.0 Å². The molecule has 0 aliphatic rings. The molecule has 0 spiro atoms. The highest BCUT2D eigenvalue weighted by Gasteiger charge is 2.40. The summed E-state index contributed by atoms with van der Waals surface area (Å²) in [6.45, 7) is 0. The smallest absolute Gasteiger partial charge is 0.298 e. The first-order valence-electron chi connectivity index (χ1n) is 3.47. The van der Waals surface area contributed by atoms with Crippen molar-refractivity contribution in [3.05, 3.63) is 29.6 Å². The highest BCUT2D eigenvalue weighted by atomic mass is 19.4. The summed E-state index contributed by atoms with van der Waals surface area (Å²) in [6, 6.07) is 1.05. The van der Waals surface area contributed by atoms with Crippen molar-refractivity contribution in [2.45, 2.75) is 6.18 Å². The molecule has 0 saturated carbocycles. The predicted octanol–water partition coefficient (Wildman–Crippen LogP) is 1.64. The van der Waals surface area contributed by atoms with Crippen LogP contribution in [0.4, 0.5) is 13.2 Å². The molecule has 1 heterocycles. The summed E-state index contributed by atoms with van der Waals surface area (Å²) in [6.07, 6.45) is -2.95. The third-order valence-electron chi connectivity index (χ3n) is 1.48.